The van der Waals surface area contributed by atoms with Gasteiger partial charge in [0.1, 0.15) is 0 Å². The number of para-hydroxylation sites is 1. The molecule has 1 aromatic heterocycles. The molecule has 2 aromatic rings. The molecule has 1 amide bonds. The molecule has 26 heavy (non-hydrogen) atoms. The first-order valence-electron chi connectivity index (χ1n) is 9.32. The number of aromatic nitrogens is 2. The van der Waals surface area contributed by atoms with Gasteiger partial charge in [-0.1, -0.05) is 18.2 Å². The van der Waals surface area contributed by atoms with Gasteiger partial charge in [0.25, 0.3) is 0 Å². The number of nitrogens with zero attached hydrogens (tertiary/aromatic N) is 5. The van der Waals surface area contributed by atoms with Crippen LogP contribution in [-0.4, -0.2) is 64.7 Å². The molecule has 0 bridgehead atoms. The largest absolute Gasteiger partial charge is 0.424 e. The lowest BCUT2D eigenvalue weighted by molar-refractivity contribution is -0.126. The molecule has 2 saturated heterocycles. The second-order valence-corrected chi connectivity index (χ2v) is 7.01. The van der Waals surface area contributed by atoms with Crippen molar-refractivity contribution in [3.63, 3.8) is 0 Å². The first-order chi connectivity index (χ1) is 12.7. The summed E-state index contributed by atoms with van der Waals surface area (Å²) in [6.07, 6.45) is 2.00. The standard InChI is InChI=1S/C19H25N5O2/c1-15-20-21-18(26-15)14-22-10-12-23(13-11-22)17-8-5-9-24(19(17)25)16-6-3-2-4-7-16/h2-4,6-7,17H,5,8-14H2,1H3. The maximum absolute atomic E-state index is 13.0. The highest BCUT2D eigenvalue weighted by Gasteiger charge is 2.35. The maximum atomic E-state index is 13.0. The van der Waals surface area contributed by atoms with Crippen LogP contribution < -0.4 is 4.90 Å². The Bertz CT molecular complexity index is 739. The summed E-state index contributed by atoms with van der Waals surface area (Å²) >= 11 is 0. The zero-order valence-electron chi connectivity index (χ0n) is 15.2. The average Bonchev–Trinajstić information content (AvgIpc) is 3.08. The van der Waals surface area contributed by atoms with Crippen molar-refractivity contribution in [2.45, 2.75) is 32.4 Å². The van der Waals surface area contributed by atoms with Crippen molar-refractivity contribution in [3.05, 3.63) is 42.1 Å². The molecule has 3 heterocycles. The van der Waals surface area contributed by atoms with Crippen LogP contribution in [-0.2, 0) is 11.3 Å². The van der Waals surface area contributed by atoms with Crippen LogP contribution in [0.3, 0.4) is 0 Å². The van der Waals surface area contributed by atoms with Gasteiger partial charge in [-0.15, -0.1) is 10.2 Å². The van der Waals surface area contributed by atoms with Gasteiger partial charge in [-0.3, -0.25) is 14.6 Å². The lowest BCUT2D eigenvalue weighted by Crippen LogP contribution is -2.57. The third-order valence-corrected chi connectivity index (χ3v) is 5.25. The molecule has 0 N–H and O–H groups in total. The molecule has 4 rings (SSSR count). The van der Waals surface area contributed by atoms with Crippen molar-refractivity contribution in [2.75, 3.05) is 37.6 Å². The molecule has 1 unspecified atom stereocenters. The van der Waals surface area contributed by atoms with Crippen LogP contribution in [0.5, 0.6) is 0 Å². The Morgan fingerprint density at radius 1 is 1.08 bits per heavy atom. The number of carbonyl (C=O) groups is 1. The van der Waals surface area contributed by atoms with E-state index < -0.39 is 0 Å². The Morgan fingerprint density at radius 2 is 1.85 bits per heavy atom. The molecule has 1 atom stereocenters. The number of rotatable bonds is 4. The molecular formula is C19H25N5O2. The summed E-state index contributed by atoms with van der Waals surface area (Å²) in [6.45, 7) is 6.92. The molecular weight excluding hydrogens is 330 g/mol. The van der Waals surface area contributed by atoms with E-state index in [1.165, 1.54) is 0 Å². The fourth-order valence-electron chi connectivity index (χ4n) is 3.89. The fraction of sp³-hybridized carbons (Fsp3) is 0.526. The second-order valence-electron chi connectivity index (χ2n) is 7.01. The topological polar surface area (TPSA) is 65.7 Å². The van der Waals surface area contributed by atoms with Crippen molar-refractivity contribution in [1.82, 2.24) is 20.0 Å². The van der Waals surface area contributed by atoms with E-state index in [1.54, 1.807) is 0 Å². The van der Waals surface area contributed by atoms with Crippen LogP contribution in [0.4, 0.5) is 5.69 Å². The van der Waals surface area contributed by atoms with Gasteiger partial charge in [0, 0.05) is 45.3 Å². The molecule has 138 valence electrons. The smallest absolute Gasteiger partial charge is 0.244 e. The Labute approximate surface area is 153 Å². The normalized spacial score (nSPS) is 22.7. The predicted molar refractivity (Wildman–Crippen MR) is 97.7 cm³/mol. The molecule has 2 aliphatic heterocycles. The van der Waals surface area contributed by atoms with Gasteiger partial charge in [0.15, 0.2) is 0 Å². The number of anilines is 1. The van der Waals surface area contributed by atoms with E-state index in [1.807, 2.05) is 42.2 Å². The van der Waals surface area contributed by atoms with E-state index >= 15 is 0 Å². The summed E-state index contributed by atoms with van der Waals surface area (Å²) in [5, 5.41) is 7.96. The van der Waals surface area contributed by atoms with Gasteiger partial charge in [-0.25, -0.2) is 0 Å². The molecule has 2 fully saturated rings. The Kier molecular flexibility index (Phi) is 4.99. The highest BCUT2D eigenvalue weighted by atomic mass is 16.4. The van der Waals surface area contributed by atoms with E-state index in [0.717, 1.165) is 51.3 Å². The van der Waals surface area contributed by atoms with Crippen LogP contribution in [0.2, 0.25) is 0 Å². The number of carbonyl (C=O) groups excluding carboxylic acids is 1. The zero-order chi connectivity index (χ0) is 17.9. The van der Waals surface area contributed by atoms with Gasteiger partial charge in [0.2, 0.25) is 17.7 Å². The highest BCUT2D eigenvalue weighted by molar-refractivity contribution is 5.97. The Morgan fingerprint density at radius 3 is 2.54 bits per heavy atom. The van der Waals surface area contributed by atoms with Crippen molar-refractivity contribution in [1.29, 1.82) is 0 Å². The van der Waals surface area contributed by atoms with Crippen LogP contribution in [0.15, 0.2) is 34.7 Å². The van der Waals surface area contributed by atoms with Crippen molar-refractivity contribution < 1.29 is 9.21 Å². The number of hydrogen-bond acceptors (Lipinski definition) is 6. The monoisotopic (exact) mass is 355 g/mol. The molecule has 7 heteroatoms. The first-order valence-corrected chi connectivity index (χ1v) is 9.32. The summed E-state index contributed by atoms with van der Waals surface area (Å²) in [5.74, 6) is 1.51. The highest BCUT2D eigenvalue weighted by Crippen LogP contribution is 2.24. The van der Waals surface area contributed by atoms with Gasteiger partial charge in [-0.05, 0) is 25.0 Å². The summed E-state index contributed by atoms with van der Waals surface area (Å²) in [5.41, 5.74) is 1.01. The third-order valence-electron chi connectivity index (χ3n) is 5.25. The summed E-state index contributed by atoms with van der Waals surface area (Å²) in [7, 11) is 0. The minimum absolute atomic E-state index is 0.00300. The van der Waals surface area contributed by atoms with E-state index in [4.69, 9.17) is 4.42 Å². The molecule has 0 spiro atoms. The number of amides is 1. The molecule has 7 nitrogen and oxygen atoms in total. The number of piperazine rings is 1. The number of benzene rings is 1. The molecule has 0 saturated carbocycles. The van der Waals surface area contributed by atoms with Crippen molar-refractivity contribution >= 4 is 11.6 Å². The van der Waals surface area contributed by atoms with Crippen LogP contribution in [0, 0.1) is 6.92 Å². The van der Waals surface area contributed by atoms with E-state index in [0.29, 0.717) is 18.3 Å². The SMILES string of the molecule is Cc1nnc(CN2CCN(C3CCCN(c4ccccc4)C3=O)CC2)o1. The van der Waals surface area contributed by atoms with E-state index in [-0.39, 0.29) is 11.9 Å². The molecule has 1 aromatic carbocycles. The lowest BCUT2D eigenvalue weighted by Gasteiger charge is -2.42. The summed E-state index contributed by atoms with van der Waals surface area (Å²) in [6, 6.07) is 10.0. The van der Waals surface area contributed by atoms with Crippen LogP contribution >= 0.6 is 0 Å². The Balaban J connectivity index is 1.35. The zero-order valence-corrected chi connectivity index (χ0v) is 15.2. The van der Waals surface area contributed by atoms with Gasteiger partial charge in [0.05, 0.1) is 12.6 Å². The Hall–Kier alpha value is -2.25. The second kappa shape index (κ2) is 7.55. The van der Waals surface area contributed by atoms with Gasteiger partial charge < -0.3 is 9.32 Å². The molecule has 0 aliphatic carbocycles. The van der Waals surface area contributed by atoms with E-state index in [9.17, 15) is 4.79 Å². The molecule has 0 radical (unpaired) electrons. The summed E-state index contributed by atoms with van der Waals surface area (Å²) < 4.78 is 5.47. The number of hydrogen-bond donors (Lipinski definition) is 0. The number of aryl methyl sites for hydroxylation is 1. The average molecular weight is 355 g/mol. The maximum Gasteiger partial charge on any atom is 0.244 e. The first kappa shape index (κ1) is 17.2. The van der Waals surface area contributed by atoms with Crippen LogP contribution in [0.25, 0.3) is 0 Å². The quantitative estimate of drug-likeness (QED) is 0.832. The lowest BCUT2D eigenvalue weighted by atomic mass is 10.0. The predicted octanol–water partition coefficient (Wildman–Crippen LogP) is 1.69. The van der Waals surface area contributed by atoms with Gasteiger partial charge in [-0.2, -0.15) is 0 Å². The van der Waals surface area contributed by atoms with Crippen LogP contribution in [0.1, 0.15) is 24.6 Å². The minimum atomic E-state index is -0.00300. The minimum Gasteiger partial charge on any atom is -0.424 e. The third kappa shape index (κ3) is 3.64. The van der Waals surface area contributed by atoms with Crippen molar-refractivity contribution in [3.8, 4) is 0 Å². The van der Waals surface area contributed by atoms with Gasteiger partial charge >= 0.3 is 0 Å². The fourth-order valence-corrected chi connectivity index (χ4v) is 3.89. The molecule has 2 aliphatic rings. The van der Waals surface area contributed by atoms with E-state index in [2.05, 4.69) is 20.0 Å². The summed E-state index contributed by atoms with van der Waals surface area (Å²) in [4.78, 5) is 19.6. The number of piperidine rings is 1. The van der Waals surface area contributed by atoms with Crippen molar-refractivity contribution in [2.24, 2.45) is 0 Å².